The van der Waals surface area contributed by atoms with Gasteiger partial charge in [0.05, 0.1) is 19.3 Å². The monoisotopic (exact) mass is 481 g/mol. The summed E-state index contributed by atoms with van der Waals surface area (Å²) in [5.41, 5.74) is 0. The second-order valence-electron chi connectivity index (χ2n) is 5.76. The van der Waals surface area contributed by atoms with Gasteiger partial charge in [-0.3, -0.25) is 4.55 Å². The average Bonchev–Trinajstić information content (AvgIpc) is 2.70. The third-order valence-corrected chi connectivity index (χ3v) is 4.00. The largest absolute Gasteiger partial charge is 0.870 e. The van der Waals surface area contributed by atoms with E-state index >= 15 is 0 Å². The molecule has 180 valence electrons. The number of hydrogen-bond donors (Lipinski definition) is 3. The van der Waals surface area contributed by atoms with Crippen LogP contribution in [0.4, 0.5) is 27.2 Å². The van der Waals surface area contributed by atoms with E-state index in [1.807, 2.05) is 12.2 Å². The molecule has 17 heteroatoms. The highest BCUT2D eigenvalue weighted by molar-refractivity contribution is 7.80. The van der Waals surface area contributed by atoms with Crippen LogP contribution < -0.4 is 24.0 Å². The predicted molar refractivity (Wildman–Crippen MR) is 105 cm³/mol. The summed E-state index contributed by atoms with van der Waals surface area (Å²) in [5.74, 6) is -1.35. The number of aromatic nitrogens is 2. The van der Waals surface area contributed by atoms with Crippen LogP contribution >= 0.6 is 0 Å². The van der Waals surface area contributed by atoms with Gasteiger partial charge in [-0.1, -0.05) is 22.2 Å². The maximum absolute atomic E-state index is 11.7. The second kappa shape index (κ2) is 11.4. The van der Waals surface area contributed by atoms with Crippen LogP contribution in [0.1, 0.15) is 20.3 Å². The zero-order chi connectivity index (χ0) is 23.2. The standard InChI is InChI=1S/C15H21N5O10S.H2O/c1-3-28-19(14(21)22)12-10-11(17-8-6-5-7-9-17)16-13(18(12)30-31(25,26)27)20(15(23)24)29-4-2;/h5-6,10H,3-4,7-9H2,1-2H3,(H2-,21,22,23,24,25,26,27);1H2. The first-order valence-corrected chi connectivity index (χ1v) is 10.3. The Morgan fingerprint density at radius 3 is 2.22 bits per heavy atom. The van der Waals surface area contributed by atoms with Crippen molar-refractivity contribution in [2.24, 2.45) is 0 Å². The van der Waals surface area contributed by atoms with E-state index in [0.717, 1.165) is 6.07 Å². The highest BCUT2D eigenvalue weighted by atomic mass is 32.3. The fraction of sp³-hybridized carbons (Fsp3) is 0.467. The molecule has 0 fully saturated rings. The van der Waals surface area contributed by atoms with E-state index < -0.39 is 34.4 Å². The molecule has 4 N–H and O–H groups in total. The number of nitrogens with zero attached hydrogens (tertiary/aromatic N) is 5. The van der Waals surface area contributed by atoms with Gasteiger partial charge in [-0.25, -0.2) is 23.5 Å². The molecule has 1 aliphatic rings. The van der Waals surface area contributed by atoms with Crippen LogP contribution in [0.3, 0.4) is 0 Å². The summed E-state index contributed by atoms with van der Waals surface area (Å²) in [4.78, 5) is 39.3. The Bertz CT molecular complexity index is 910. The number of carbonyl (C=O) groups is 2. The summed E-state index contributed by atoms with van der Waals surface area (Å²) in [6, 6.07) is 1.10. The summed E-state index contributed by atoms with van der Waals surface area (Å²) < 4.78 is 36.7. The molecule has 0 atom stereocenters. The van der Waals surface area contributed by atoms with E-state index in [4.69, 9.17) is 9.68 Å². The quantitative estimate of drug-likeness (QED) is 0.184. The molecular formula is C15H23N5O11S. The van der Waals surface area contributed by atoms with Crippen molar-refractivity contribution in [1.29, 1.82) is 0 Å². The molecule has 0 saturated carbocycles. The van der Waals surface area contributed by atoms with Crippen LogP contribution in [0.2, 0.25) is 0 Å². The number of rotatable bonds is 9. The lowest BCUT2D eigenvalue weighted by atomic mass is 10.2. The normalized spacial score (nSPS) is 13.3. The highest BCUT2D eigenvalue weighted by Crippen LogP contribution is 2.24. The van der Waals surface area contributed by atoms with Gasteiger partial charge in [-0.05, 0) is 30.1 Å². The molecule has 0 spiro atoms. The maximum atomic E-state index is 11.7. The van der Waals surface area contributed by atoms with Crippen molar-refractivity contribution >= 4 is 40.2 Å². The van der Waals surface area contributed by atoms with E-state index in [-0.39, 0.29) is 39.4 Å². The lowest BCUT2D eigenvalue weighted by Gasteiger charge is -2.25. The molecule has 0 radical (unpaired) electrons. The highest BCUT2D eigenvalue weighted by Gasteiger charge is 2.39. The van der Waals surface area contributed by atoms with Crippen molar-refractivity contribution in [2.75, 3.05) is 41.3 Å². The molecule has 1 aromatic rings. The summed E-state index contributed by atoms with van der Waals surface area (Å²) in [7, 11) is -5.26. The van der Waals surface area contributed by atoms with E-state index in [0.29, 0.717) is 19.5 Å². The van der Waals surface area contributed by atoms with Crippen molar-refractivity contribution in [1.82, 2.24) is 4.98 Å². The van der Waals surface area contributed by atoms with Crippen LogP contribution in [0.5, 0.6) is 0 Å². The molecule has 2 amide bonds. The summed E-state index contributed by atoms with van der Waals surface area (Å²) >= 11 is 0. The minimum absolute atomic E-state index is 0. The predicted octanol–water partition coefficient (Wildman–Crippen LogP) is 0.0618. The van der Waals surface area contributed by atoms with Crippen molar-refractivity contribution in [3.05, 3.63) is 18.2 Å². The van der Waals surface area contributed by atoms with E-state index in [1.165, 1.54) is 13.8 Å². The van der Waals surface area contributed by atoms with Gasteiger partial charge >= 0.3 is 28.5 Å². The second-order valence-corrected chi connectivity index (χ2v) is 6.77. The first-order chi connectivity index (χ1) is 14.6. The number of hydroxylamine groups is 2. The van der Waals surface area contributed by atoms with Gasteiger partial charge in [-0.15, -0.1) is 0 Å². The Labute approximate surface area is 182 Å². The maximum Gasteiger partial charge on any atom is 0.488 e. The molecule has 2 heterocycles. The molecule has 0 bridgehead atoms. The van der Waals surface area contributed by atoms with Crippen LogP contribution in [0.25, 0.3) is 0 Å². The smallest absolute Gasteiger partial charge is 0.488 e. The SMILES string of the molecule is CCON(C(=O)O)c1cc(N2CC=CCC2)nc(N(OCC)C(=O)O)[n+]1OS(=O)(=O)O.[OH-]. The fourth-order valence-electron chi connectivity index (χ4n) is 2.58. The summed E-state index contributed by atoms with van der Waals surface area (Å²) in [6.07, 6.45) is 0.952. The number of anilines is 3. The van der Waals surface area contributed by atoms with E-state index in [2.05, 4.69) is 9.27 Å². The summed E-state index contributed by atoms with van der Waals surface area (Å²) in [5, 5.41) is 19.5. The van der Waals surface area contributed by atoms with Gasteiger partial charge in [0.2, 0.25) is 0 Å². The molecule has 1 aliphatic heterocycles. The summed E-state index contributed by atoms with van der Waals surface area (Å²) in [6.45, 7) is 3.39. The zero-order valence-electron chi connectivity index (χ0n) is 17.1. The molecule has 2 rings (SSSR count). The first kappa shape index (κ1) is 26.8. The van der Waals surface area contributed by atoms with Gasteiger partial charge in [0.15, 0.2) is 5.82 Å². The minimum atomic E-state index is -5.26. The Kier molecular flexibility index (Phi) is 9.54. The van der Waals surface area contributed by atoms with Gasteiger partial charge in [0, 0.05) is 13.1 Å². The van der Waals surface area contributed by atoms with Crippen molar-refractivity contribution in [2.45, 2.75) is 20.3 Å². The Morgan fingerprint density at radius 1 is 1.16 bits per heavy atom. The number of hydrogen-bond acceptors (Lipinski definition) is 10. The van der Waals surface area contributed by atoms with Crippen LogP contribution in [0, 0.1) is 0 Å². The van der Waals surface area contributed by atoms with Crippen molar-refractivity contribution in [3.63, 3.8) is 0 Å². The Morgan fingerprint density at radius 2 is 1.75 bits per heavy atom. The van der Waals surface area contributed by atoms with E-state index in [1.54, 1.807) is 4.90 Å². The molecular weight excluding hydrogens is 458 g/mol. The third-order valence-electron chi connectivity index (χ3n) is 3.67. The Balaban J connectivity index is 0.00000512. The third kappa shape index (κ3) is 6.62. The van der Waals surface area contributed by atoms with Gasteiger partial charge in [-0.2, -0.15) is 8.42 Å². The van der Waals surface area contributed by atoms with Crippen molar-refractivity contribution in [3.8, 4) is 0 Å². The molecule has 0 aliphatic carbocycles. The lowest BCUT2D eigenvalue weighted by molar-refractivity contribution is -0.839. The van der Waals surface area contributed by atoms with Gasteiger partial charge < -0.3 is 20.6 Å². The minimum Gasteiger partial charge on any atom is -0.870 e. The number of carboxylic acid groups (broad SMARTS) is 2. The molecule has 0 unspecified atom stereocenters. The van der Waals surface area contributed by atoms with E-state index in [9.17, 15) is 32.8 Å². The molecule has 16 nitrogen and oxygen atoms in total. The average molecular weight is 481 g/mol. The van der Waals surface area contributed by atoms with Crippen LogP contribution in [-0.4, -0.2) is 72.1 Å². The van der Waals surface area contributed by atoms with Gasteiger partial charge in [0.1, 0.15) is 0 Å². The van der Waals surface area contributed by atoms with Crippen LogP contribution in [0.15, 0.2) is 18.2 Å². The molecule has 1 aromatic heterocycles. The topological polar surface area (TPSA) is 213 Å². The first-order valence-electron chi connectivity index (χ1n) is 8.95. The van der Waals surface area contributed by atoms with Crippen molar-refractivity contribution < 1.29 is 56.9 Å². The molecule has 32 heavy (non-hydrogen) atoms. The lowest BCUT2D eigenvalue weighted by Crippen LogP contribution is -2.56. The number of amides is 2. The fourth-order valence-corrected chi connectivity index (χ4v) is 2.91. The Hall–Kier alpha value is -3.25. The van der Waals surface area contributed by atoms with Crippen LogP contribution in [-0.2, 0) is 20.1 Å². The van der Waals surface area contributed by atoms with Gasteiger partial charge in [0.25, 0.3) is 5.82 Å². The molecule has 0 aromatic carbocycles. The zero-order valence-corrected chi connectivity index (χ0v) is 17.9. The molecule has 0 saturated heterocycles.